The minimum atomic E-state index is 0.106. The minimum Gasteiger partial charge on any atom is -0.508 e. The Morgan fingerprint density at radius 3 is 2.62 bits per heavy atom. The smallest absolute Gasteiger partial charge is 0.231 e. The van der Waals surface area contributed by atoms with Gasteiger partial charge in [0, 0.05) is 11.5 Å². The molecule has 106 valence electrons. The van der Waals surface area contributed by atoms with Crippen molar-refractivity contribution in [1.82, 2.24) is 0 Å². The Bertz CT molecular complexity index is 732. The van der Waals surface area contributed by atoms with Gasteiger partial charge in [0.15, 0.2) is 17.3 Å². The van der Waals surface area contributed by atoms with E-state index < -0.39 is 0 Å². The van der Waals surface area contributed by atoms with E-state index in [1.54, 1.807) is 6.07 Å². The standard InChI is InChI=1S/C17H14O4/c18-14-6-12(5-13(7-14)17(19)10-1-2-10)11-3-4-15-16(8-11)21-9-20-15/h3-8,10,18H,1-2,9H2. The molecule has 0 spiro atoms. The quantitative estimate of drug-likeness (QED) is 0.877. The molecule has 1 aliphatic carbocycles. The summed E-state index contributed by atoms with van der Waals surface area (Å²) in [4.78, 5) is 12.2. The lowest BCUT2D eigenvalue weighted by Crippen LogP contribution is -2.01. The molecule has 4 rings (SSSR count). The van der Waals surface area contributed by atoms with Crippen molar-refractivity contribution in [3.8, 4) is 28.4 Å². The van der Waals surface area contributed by atoms with E-state index in [1.165, 1.54) is 6.07 Å². The van der Waals surface area contributed by atoms with Gasteiger partial charge >= 0.3 is 0 Å². The second kappa shape index (κ2) is 4.52. The van der Waals surface area contributed by atoms with Crippen molar-refractivity contribution in [3.05, 3.63) is 42.0 Å². The fourth-order valence-electron chi connectivity index (χ4n) is 2.58. The van der Waals surface area contributed by atoms with Gasteiger partial charge in [0.1, 0.15) is 5.75 Å². The highest BCUT2D eigenvalue weighted by atomic mass is 16.7. The first-order valence-corrected chi connectivity index (χ1v) is 6.99. The highest BCUT2D eigenvalue weighted by Crippen LogP contribution is 2.38. The Labute approximate surface area is 121 Å². The lowest BCUT2D eigenvalue weighted by Gasteiger charge is -2.07. The first kappa shape index (κ1) is 12.3. The molecule has 0 unspecified atom stereocenters. The predicted molar refractivity (Wildman–Crippen MR) is 76.7 cm³/mol. The number of carbonyl (C=O) groups is 1. The maximum atomic E-state index is 12.2. The van der Waals surface area contributed by atoms with Crippen LogP contribution in [0.5, 0.6) is 17.2 Å². The van der Waals surface area contributed by atoms with Crippen molar-refractivity contribution in [1.29, 1.82) is 0 Å². The molecule has 1 saturated carbocycles. The molecule has 4 nitrogen and oxygen atoms in total. The third-order valence-electron chi connectivity index (χ3n) is 3.86. The molecule has 2 aromatic carbocycles. The molecule has 0 radical (unpaired) electrons. The van der Waals surface area contributed by atoms with Crippen molar-refractivity contribution in [2.75, 3.05) is 6.79 Å². The Morgan fingerprint density at radius 2 is 1.81 bits per heavy atom. The summed E-state index contributed by atoms with van der Waals surface area (Å²) in [5, 5.41) is 9.89. The second-order valence-corrected chi connectivity index (χ2v) is 5.48. The molecule has 1 heterocycles. The van der Waals surface area contributed by atoms with Crippen LogP contribution in [-0.4, -0.2) is 17.7 Å². The van der Waals surface area contributed by atoms with E-state index in [4.69, 9.17) is 9.47 Å². The third kappa shape index (κ3) is 2.23. The fraction of sp³-hybridized carbons (Fsp3) is 0.235. The van der Waals surface area contributed by atoms with Crippen LogP contribution in [0.1, 0.15) is 23.2 Å². The molecule has 0 saturated heterocycles. The molecule has 0 atom stereocenters. The van der Waals surface area contributed by atoms with Gasteiger partial charge in [0.2, 0.25) is 6.79 Å². The van der Waals surface area contributed by atoms with Crippen LogP contribution in [-0.2, 0) is 0 Å². The largest absolute Gasteiger partial charge is 0.508 e. The fourth-order valence-corrected chi connectivity index (χ4v) is 2.58. The molecule has 1 aliphatic heterocycles. The summed E-state index contributed by atoms with van der Waals surface area (Å²) in [6.45, 7) is 0.226. The van der Waals surface area contributed by atoms with Gasteiger partial charge in [-0.2, -0.15) is 0 Å². The maximum Gasteiger partial charge on any atom is 0.231 e. The summed E-state index contributed by atoms with van der Waals surface area (Å²) in [5.74, 6) is 1.76. The van der Waals surface area contributed by atoms with Gasteiger partial charge in [-0.1, -0.05) is 6.07 Å². The van der Waals surface area contributed by atoms with Crippen LogP contribution >= 0.6 is 0 Å². The predicted octanol–water partition coefficient (Wildman–Crippen LogP) is 3.38. The molecule has 0 amide bonds. The van der Waals surface area contributed by atoms with Crippen molar-refractivity contribution in [2.24, 2.45) is 5.92 Å². The molecule has 2 aromatic rings. The summed E-state index contributed by atoms with van der Waals surface area (Å²) in [6.07, 6.45) is 1.90. The molecular formula is C17H14O4. The first-order chi connectivity index (χ1) is 10.2. The number of phenolic OH excluding ortho intramolecular Hbond substituents is 1. The molecule has 1 fully saturated rings. The van der Waals surface area contributed by atoms with Gasteiger partial charge in [0.25, 0.3) is 0 Å². The second-order valence-electron chi connectivity index (χ2n) is 5.48. The van der Waals surface area contributed by atoms with E-state index in [0.29, 0.717) is 17.1 Å². The zero-order chi connectivity index (χ0) is 14.4. The molecule has 0 aromatic heterocycles. The number of carbonyl (C=O) groups excluding carboxylic acids is 1. The average Bonchev–Trinajstić information content (AvgIpc) is 3.23. The molecule has 2 aliphatic rings. The monoisotopic (exact) mass is 282 g/mol. The van der Waals surface area contributed by atoms with Crippen LogP contribution in [0.15, 0.2) is 36.4 Å². The number of rotatable bonds is 3. The van der Waals surface area contributed by atoms with Crippen LogP contribution < -0.4 is 9.47 Å². The van der Waals surface area contributed by atoms with Gasteiger partial charge < -0.3 is 14.6 Å². The summed E-state index contributed by atoms with van der Waals surface area (Å²) in [7, 11) is 0. The van der Waals surface area contributed by atoms with Crippen molar-refractivity contribution in [3.63, 3.8) is 0 Å². The Hall–Kier alpha value is -2.49. The summed E-state index contributed by atoms with van der Waals surface area (Å²) < 4.78 is 10.7. The third-order valence-corrected chi connectivity index (χ3v) is 3.86. The molecule has 4 heteroatoms. The molecule has 0 bridgehead atoms. The van der Waals surface area contributed by atoms with Gasteiger partial charge in [-0.25, -0.2) is 0 Å². The number of aromatic hydroxyl groups is 1. The van der Waals surface area contributed by atoms with Crippen molar-refractivity contribution >= 4 is 5.78 Å². The van der Waals surface area contributed by atoms with Crippen LogP contribution in [0.25, 0.3) is 11.1 Å². The Balaban J connectivity index is 1.75. The number of Topliss-reactive ketones (excluding diaryl/α,β-unsaturated/α-hetero) is 1. The van der Waals surface area contributed by atoms with Crippen LogP contribution in [0.2, 0.25) is 0 Å². The van der Waals surface area contributed by atoms with Gasteiger partial charge in [0.05, 0.1) is 0 Å². The SMILES string of the molecule is O=C(c1cc(O)cc(-c2ccc3c(c2)OCO3)c1)C1CC1. The maximum absolute atomic E-state index is 12.2. The zero-order valence-corrected chi connectivity index (χ0v) is 11.3. The number of hydrogen-bond donors (Lipinski definition) is 1. The lowest BCUT2D eigenvalue weighted by atomic mass is 9.99. The van der Waals surface area contributed by atoms with Gasteiger partial charge in [-0.05, 0) is 54.3 Å². The van der Waals surface area contributed by atoms with E-state index in [9.17, 15) is 9.90 Å². The zero-order valence-electron chi connectivity index (χ0n) is 11.3. The van der Waals surface area contributed by atoms with E-state index in [-0.39, 0.29) is 24.2 Å². The highest BCUT2D eigenvalue weighted by Gasteiger charge is 2.30. The highest BCUT2D eigenvalue weighted by molar-refractivity contribution is 6.00. The Kier molecular flexibility index (Phi) is 2.64. The number of hydrogen-bond acceptors (Lipinski definition) is 4. The number of benzene rings is 2. The van der Waals surface area contributed by atoms with Crippen LogP contribution in [0, 0.1) is 5.92 Å². The van der Waals surface area contributed by atoms with Gasteiger partial charge in [-0.3, -0.25) is 4.79 Å². The van der Waals surface area contributed by atoms with Crippen LogP contribution in [0.3, 0.4) is 0 Å². The average molecular weight is 282 g/mol. The number of ketones is 1. The molecule has 1 N–H and O–H groups in total. The molecule has 21 heavy (non-hydrogen) atoms. The van der Waals surface area contributed by atoms with Crippen molar-refractivity contribution in [2.45, 2.75) is 12.8 Å². The minimum absolute atomic E-state index is 0.106. The normalized spacial score (nSPS) is 16.0. The van der Waals surface area contributed by atoms with Crippen LogP contribution in [0.4, 0.5) is 0 Å². The number of phenols is 1. The van der Waals surface area contributed by atoms with E-state index in [2.05, 4.69) is 0 Å². The number of fused-ring (bicyclic) bond motifs is 1. The van der Waals surface area contributed by atoms with E-state index in [1.807, 2.05) is 24.3 Å². The van der Waals surface area contributed by atoms with Crippen molar-refractivity contribution < 1.29 is 19.4 Å². The first-order valence-electron chi connectivity index (χ1n) is 6.99. The topological polar surface area (TPSA) is 55.8 Å². The summed E-state index contributed by atoms with van der Waals surface area (Å²) in [6, 6.07) is 10.6. The lowest BCUT2D eigenvalue weighted by molar-refractivity contribution is 0.0967. The molecular weight excluding hydrogens is 268 g/mol. The Morgan fingerprint density at radius 1 is 1.00 bits per heavy atom. The van der Waals surface area contributed by atoms with E-state index in [0.717, 1.165) is 24.0 Å². The summed E-state index contributed by atoms with van der Waals surface area (Å²) in [5.41, 5.74) is 2.27. The van der Waals surface area contributed by atoms with E-state index >= 15 is 0 Å². The summed E-state index contributed by atoms with van der Waals surface area (Å²) >= 11 is 0. The number of ether oxygens (including phenoxy) is 2. The van der Waals surface area contributed by atoms with Gasteiger partial charge in [-0.15, -0.1) is 0 Å².